The highest BCUT2D eigenvalue weighted by molar-refractivity contribution is 5.89. The largest absolute Gasteiger partial charge is 0.488 e. The second kappa shape index (κ2) is 4.73. The van der Waals surface area contributed by atoms with Gasteiger partial charge in [0.1, 0.15) is 17.3 Å². The standard InChI is InChI=1S/C19H16O3/c1-21-18(20)19(12-11-13-7-3-2-4-8-13)16-14-9-5-6-10-15(14)22-17(16)19/h2-12,16-17H,1H3/b12-11+/t16-,17+,19+/m0/s1. The quantitative estimate of drug-likeness (QED) is 0.813. The van der Waals surface area contributed by atoms with E-state index < -0.39 is 5.41 Å². The molecule has 2 aromatic rings. The van der Waals surface area contributed by atoms with Gasteiger partial charge in [-0.1, -0.05) is 60.7 Å². The molecule has 2 aliphatic rings. The molecular weight excluding hydrogens is 276 g/mol. The number of carbonyl (C=O) groups is 1. The van der Waals surface area contributed by atoms with Crippen LogP contribution in [-0.2, 0) is 9.53 Å². The van der Waals surface area contributed by atoms with Crippen LogP contribution in [0.25, 0.3) is 6.08 Å². The van der Waals surface area contributed by atoms with Crippen LogP contribution in [0.1, 0.15) is 17.0 Å². The molecule has 1 aliphatic heterocycles. The molecule has 22 heavy (non-hydrogen) atoms. The third-order valence-electron chi connectivity index (χ3n) is 4.58. The fraction of sp³-hybridized carbons (Fsp3) is 0.211. The minimum atomic E-state index is -0.695. The van der Waals surface area contributed by atoms with Crippen molar-refractivity contribution in [1.29, 1.82) is 0 Å². The van der Waals surface area contributed by atoms with Crippen molar-refractivity contribution in [1.82, 2.24) is 0 Å². The molecule has 0 spiro atoms. The summed E-state index contributed by atoms with van der Waals surface area (Å²) in [6, 6.07) is 17.8. The summed E-state index contributed by atoms with van der Waals surface area (Å²) in [6.45, 7) is 0. The molecule has 0 N–H and O–H groups in total. The van der Waals surface area contributed by atoms with Crippen LogP contribution in [-0.4, -0.2) is 19.2 Å². The van der Waals surface area contributed by atoms with E-state index in [2.05, 4.69) is 0 Å². The number of fused-ring (bicyclic) bond motifs is 3. The highest BCUT2D eigenvalue weighted by Gasteiger charge is 2.75. The van der Waals surface area contributed by atoms with E-state index in [9.17, 15) is 4.79 Å². The van der Waals surface area contributed by atoms with Crippen LogP contribution in [0.2, 0.25) is 0 Å². The van der Waals surface area contributed by atoms with Crippen LogP contribution in [0.5, 0.6) is 5.75 Å². The van der Waals surface area contributed by atoms with Crippen molar-refractivity contribution < 1.29 is 14.3 Å². The molecule has 0 bridgehead atoms. The van der Waals surface area contributed by atoms with Crippen LogP contribution in [0.15, 0.2) is 60.7 Å². The molecular formula is C19H16O3. The predicted molar refractivity (Wildman–Crippen MR) is 83.5 cm³/mol. The first-order valence-corrected chi connectivity index (χ1v) is 7.35. The highest BCUT2D eigenvalue weighted by atomic mass is 16.5. The average molecular weight is 292 g/mol. The van der Waals surface area contributed by atoms with Crippen molar-refractivity contribution in [3.8, 4) is 5.75 Å². The van der Waals surface area contributed by atoms with E-state index in [1.807, 2.05) is 66.7 Å². The molecule has 3 atom stereocenters. The predicted octanol–water partition coefficient (Wildman–Crippen LogP) is 3.42. The van der Waals surface area contributed by atoms with Crippen molar-refractivity contribution in [3.05, 3.63) is 71.8 Å². The summed E-state index contributed by atoms with van der Waals surface area (Å²) in [5.41, 5.74) is 1.46. The summed E-state index contributed by atoms with van der Waals surface area (Å²) < 4.78 is 11.0. The fourth-order valence-corrected chi connectivity index (χ4v) is 3.43. The number of ether oxygens (including phenoxy) is 2. The molecule has 1 saturated carbocycles. The Morgan fingerprint density at radius 2 is 1.86 bits per heavy atom. The number of para-hydroxylation sites is 1. The average Bonchev–Trinajstić information content (AvgIpc) is 3.03. The van der Waals surface area contributed by atoms with Crippen LogP contribution < -0.4 is 4.74 Å². The van der Waals surface area contributed by atoms with Crippen molar-refractivity contribution in [2.75, 3.05) is 7.11 Å². The molecule has 2 aromatic carbocycles. The summed E-state index contributed by atoms with van der Waals surface area (Å²) >= 11 is 0. The van der Waals surface area contributed by atoms with E-state index in [0.717, 1.165) is 16.9 Å². The second-order valence-electron chi connectivity index (χ2n) is 5.72. The normalized spacial score (nSPS) is 27.9. The SMILES string of the molecule is COC(=O)[C@@]1(/C=C/c2ccccc2)[C@@H]2Oc3ccccc3[C@@H]21. The van der Waals surface area contributed by atoms with Gasteiger partial charge in [-0.25, -0.2) is 0 Å². The van der Waals surface area contributed by atoms with Crippen molar-refractivity contribution in [2.24, 2.45) is 5.41 Å². The van der Waals surface area contributed by atoms with E-state index in [1.54, 1.807) is 0 Å². The molecule has 1 heterocycles. The van der Waals surface area contributed by atoms with Gasteiger partial charge in [0.05, 0.1) is 7.11 Å². The Balaban J connectivity index is 1.71. The summed E-state index contributed by atoms with van der Waals surface area (Å²) in [4.78, 5) is 12.4. The lowest BCUT2D eigenvalue weighted by Crippen LogP contribution is -2.23. The smallest absolute Gasteiger partial charge is 0.320 e. The maximum atomic E-state index is 12.4. The first kappa shape index (κ1) is 13.1. The summed E-state index contributed by atoms with van der Waals surface area (Å²) in [5.74, 6) is 0.699. The number of methoxy groups -OCH3 is 1. The number of benzene rings is 2. The zero-order chi connectivity index (χ0) is 15.2. The van der Waals surface area contributed by atoms with Crippen LogP contribution in [0.4, 0.5) is 0 Å². The first-order valence-electron chi connectivity index (χ1n) is 7.35. The fourth-order valence-electron chi connectivity index (χ4n) is 3.43. The Hall–Kier alpha value is -2.55. The van der Waals surface area contributed by atoms with E-state index in [4.69, 9.17) is 9.47 Å². The zero-order valence-electron chi connectivity index (χ0n) is 12.2. The Labute approximate surface area is 129 Å². The third-order valence-corrected chi connectivity index (χ3v) is 4.58. The lowest BCUT2D eigenvalue weighted by atomic mass is 9.96. The van der Waals surface area contributed by atoms with Gasteiger partial charge < -0.3 is 9.47 Å². The van der Waals surface area contributed by atoms with Crippen molar-refractivity contribution >= 4 is 12.0 Å². The monoisotopic (exact) mass is 292 g/mol. The van der Waals surface area contributed by atoms with Gasteiger partial charge in [0.2, 0.25) is 0 Å². The van der Waals surface area contributed by atoms with Crippen LogP contribution in [0.3, 0.4) is 0 Å². The lowest BCUT2D eigenvalue weighted by molar-refractivity contribution is -0.146. The zero-order valence-corrected chi connectivity index (χ0v) is 12.2. The Morgan fingerprint density at radius 3 is 2.64 bits per heavy atom. The topological polar surface area (TPSA) is 35.5 Å². The molecule has 4 rings (SSSR count). The summed E-state index contributed by atoms with van der Waals surface area (Å²) in [5, 5.41) is 0. The Morgan fingerprint density at radius 1 is 1.14 bits per heavy atom. The molecule has 3 nitrogen and oxygen atoms in total. The van der Waals surface area contributed by atoms with Gasteiger partial charge in [-0.05, 0) is 11.6 Å². The summed E-state index contributed by atoms with van der Waals surface area (Å²) in [6.07, 6.45) is 3.76. The Bertz CT molecular complexity index is 750. The van der Waals surface area contributed by atoms with Gasteiger partial charge in [0.15, 0.2) is 0 Å². The van der Waals surface area contributed by atoms with E-state index in [1.165, 1.54) is 7.11 Å². The van der Waals surface area contributed by atoms with Crippen LogP contribution in [0, 0.1) is 5.41 Å². The number of carbonyl (C=O) groups excluding carboxylic acids is 1. The van der Waals surface area contributed by atoms with Gasteiger partial charge in [0, 0.05) is 11.5 Å². The first-order chi connectivity index (χ1) is 10.8. The van der Waals surface area contributed by atoms with Crippen molar-refractivity contribution in [3.63, 3.8) is 0 Å². The maximum Gasteiger partial charge on any atom is 0.320 e. The number of rotatable bonds is 3. The van der Waals surface area contributed by atoms with Gasteiger partial charge in [-0.15, -0.1) is 0 Å². The molecule has 110 valence electrons. The molecule has 0 aromatic heterocycles. The molecule has 0 unspecified atom stereocenters. The highest BCUT2D eigenvalue weighted by Crippen LogP contribution is 2.68. The van der Waals surface area contributed by atoms with E-state index >= 15 is 0 Å². The molecule has 1 fully saturated rings. The molecule has 0 radical (unpaired) electrons. The van der Waals surface area contributed by atoms with Gasteiger partial charge in [0.25, 0.3) is 0 Å². The van der Waals surface area contributed by atoms with Crippen LogP contribution >= 0.6 is 0 Å². The molecule has 1 aliphatic carbocycles. The minimum Gasteiger partial charge on any atom is -0.488 e. The van der Waals surface area contributed by atoms with Gasteiger partial charge >= 0.3 is 5.97 Å². The van der Waals surface area contributed by atoms with E-state index in [0.29, 0.717) is 0 Å². The maximum absolute atomic E-state index is 12.4. The third kappa shape index (κ3) is 1.72. The second-order valence-corrected chi connectivity index (χ2v) is 5.72. The molecule has 0 saturated heterocycles. The number of esters is 1. The molecule has 0 amide bonds. The minimum absolute atomic E-state index is 0.0520. The van der Waals surface area contributed by atoms with Gasteiger partial charge in [-0.2, -0.15) is 0 Å². The lowest BCUT2D eigenvalue weighted by Gasteiger charge is -2.15. The number of hydrogen-bond acceptors (Lipinski definition) is 3. The summed E-state index contributed by atoms with van der Waals surface area (Å²) in [7, 11) is 1.43. The van der Waals surface area contributed by atoms with Gasteiger partial charge in [-0.3, -0.25) is 4.79 Å². The Kier molecular flexibility index (Phi) is 2.83. The van der Waals surface area contributed by atoms with E-state index in [-0.39, 0.29) is 18.0 Å². The molecule has 3 heteroatoms. The number of hydrogen-bond donors (Lipinski definition) is 0. The van der Waals surface area contributed by atoms with Crippen molar-refractivity contribution in [2.45, 2.75) is 12.0 Å².